The minimum Gasteiger partial charge on any atom is -0.386 e. The Labute approximate surface area is 122 Å². The summed E-state index contributed by atoms with van der Waals surface area (Å²) >= 11 is 0. The van der Waals surface area contributed by atoms with Crippen LogP contribution in [0.25, 0.3) is 11.3 Å². The second-order valence-electron chi connectivity index (χ2n) is 5.76. The zero-order valence-electron chi connectivity index (χ0n) is 11.5. The van der Waals surface area contributed by atoms with Crippen molar-refractivity contribution >= 4 is 11.4 Å². The first-order chi connectivity index (χ1) is 10.2. The largest absolute Gasteiger partial charge is 0.386 e. The Hall–Kier alpha value is -2.27. The van der Waals surface area contributed by atoms with E-state index in [9.17, 15) is 5.11 Å². The van der Waals surface area contributed by atoms with Gasteiger partial charge in [-0.25, -0.2) is 4.98 Å². The zero-order chi connectivity index (χ0) is 14.6. The Kier molecular flexibility index (Phi) is 2.59. The van der Waals surface area contributed by atoms with Crippen LogP contribution in [0.2, 0.25) is 0 Å². The van der Waals surface area contributed by atoms with Crippen molar-refractivity contribution in [3.05, 3.63) is 42.4 Å². The van der Waals surface area contributed by atoms with Gasteiger partial charge >= 0.3 is 0 Å². The molecule has 1 aliphatic heterocycles. The van der Waals surface area contributed by atoms with Crippen LogP contribution < -0.4 is 0 Å². The number of aromatic nitrogens is 2. The molecule has 0 unspecified atom stereocenters. The van der Waals surface area contributed by atoms with E-state index >= 15 is 0 Å². The maximum Gasteiger partial charge on any atom is 0.102 e. The molecule has 0 bridgehead atoms. The Morgan fingerprint density at radius 2 is 2.05 bits per heavy atom. The Morgan fingerprint density at radius 3 is 2.90 bits per heavy atom. The molecule has 5 heteroatoms. The molecule has 0 spiro atoms. The Balaban J connectivity index is 1.83. The minimum atomic E-state index is -0.877. The SMILES string of the molecule is N=C1CC[C@@H]([C@H]2c3ccccc3-c3cncn32)[C@@H](O)C1=N. The average molecular weight is 280 g/mol. The summed E-state index contributed by atoms with van der Waals surface area (Å²) in [6.45, 7) is 0. The molecule has 3 atom stereocenters. The van der Waals surface area contributed by atoms with E-state index in [2.05, 4.69) is 21.7 Å². The summed E-state index contributed by atoms with van der Waals surface area (Å²) in [5.74, 6) is -0.0804. The number of nitrogens with zero attached hydrogens (tertiary/aromatic N) is 2. The number of aliphatic hydroxyl groups is 1. The number of fused-ring (bicyclic) bond motifs is 3. The monoisotopic (exact) mass is 280 g/mol. The summed E-state index contributed by atoms with van der Waals surface area (Å²) in [5.41, 5.74) is 3.72. The van der Waals surface area contributed by atoms with Gasteiger partial charge in [-0.2, -0.15) is 0 Å². The molecule has 1 aromatic carbocycles. The number of hydrogen-bond acceptors (Lipinski definition) is 4. The van der Waals surface area contributed by atoms with Gasteiger partial charge in [-0.1, -0.05) is 24.3 Å². The molecule has 0 radical (unpaired) electrons. The van der Waals surface area contributed by atoms with E-state index in [0.29, 0.717) is 6.42 Å². The molecule has 1 fully saturated rings. The summed E-state index contributed by atoms with van der Waals surface area (Å²) in [6.07, 6.45) is 4.05. The van der Waals surface area contributed by atoms with E-state index in [-0.39, 0.29) is 23.4 Å². The van der Waals surface area contributed by atoms with Crippen molar-refractivity contribution < 1.29 is 5.11 Å². The van der Waals surface area contributed by atoms with Crippen LogP contribution in [-0.2, 0) is 0 Å². The van der Waals surface area contributed by atoms with Crippen LogP contribution in [0.15, 0.2) is 36.8 Å². The Morgan fingerprint density at radius 1 is 1.24 bits per heavy atom. The maximum atomic E-state index is 10.5. The van der Waals surface area contributed by atoms with Crippen LogP contribution in [0.5, 0.6) is 0 Å². The molecule has 4 rings (SSSR count). The van der Waals surface area contributed by atoms with E-state index < -0.39 is 6.10 Å². The third kappa shape index (κ3) is 1.64. The van der Waals surface area contributed by atoms with Crippen LogP contribution in [0.4, 0.5) is 0 Å². The van der Waals surface area contributed by atoms with E-state index in [1.54, 1.807) is 6.33 Å². The zero-order valence-corrected chi connectivity index (χ0v) is 11.5. The van der Waals surface area contributed by atoms with Crippen molar-refractivity contribution in [3.8, 4) is 11.3 Å². The Bertz CT molecular complexity index is 748. The van der Waals surface area contributed by atoms with Gasteiger partial charge in [0.25, 0.3) is 0 Å². The first kappa shape index (κ1) is 12.5. The normalized spacial score (nSPS) is 27.6. The van der Waals surface area contributed by atoms with E-state index in [1.165, 1.54) is 5.56 Å². The molecular formula is C16H16N4O. The molecule has 2 aliphatic rings. The molecule has 1 aliphatic carbocycles. The van der Waals surface area contributed by atoms with Crippen LogP contribution in [0.3, 0.4) is 0 Å². The van der Waals surface area contributed by atoms with Crippen molar-refractivity contribution in [3.63, 3.8) is 0 Å². The lowest BCUT2D eigenvalue weighted by atomic mass is 9.77. The van der Waals surface area contributed by atoms with Crippen molar-refractivity contribution in [1.82, 2.24) is 9.55 Å². The lowest BCUT2D eigenvalue weighted by molar-refractivity contribution is 0.134. The van der Waals surface area contributed by atoms with Gasteiger partial charge in [0.05, 0.1) is 35.7 Å². The van der Waals surface area contributed by atoms with Crippen molar-refractivity contribution in [1.29, 1.82) is 10.8 Å². The van der Waals surface area contributed by atoms with Gasteiger partial charge < -0.3 is 20.5 Å². The van der Waals surface area contributed by atoms with Gasteiger partial charge in [-0.05, 0) is 18.4 Å². The number of rotatable bonds is 1. The third-order valence-electron chi connectivity index (χ3n) is 4.68. The fourth-order valence-electron chi connectivity index (χ4n) is 3.64. The van der Waals surface area contributed by atoms with Gasteiger partial charge in [0, 0.05) is 11.5 Å². The minimum absolute atomic E-state index is 0.00199. The van der Waals surface area contributed by atoms with Crippen molar-refractivity contribution in [2.24, 2.45) is 5.92 Å². The molecule has 0 saturated heterocycles. The van der Waals surface area contributed by atoms with Gasteiger partial charge in [0.1, 0.15) is 6.10 Å². The molecule has 2 heterocycles. The summed E-state index contributed by atoms with van der Waals surface area (Å²) in [5, 5.41) is 26.1. The highest BCUT2D eigenvalue weighted by molar-refractivity contribution is 6.42. The van der Waals surface area contributed by atoms with Crippen LogP contribution in [0.1, 0.15) is 24.4 Å². The highest BCUT2D eigenvalue weighted by Crippen LogP contribution is 2.45. The van der Waals surface area contributed by atoms with Crippen LogP contribution in [0, 0.1) is 16.7 Å². The highest BCUT2D eigenvalue weighted by atomic mass is 16.3. The molecule has 106 valence electrons. The quantitative estimate of drug-likeness (QED) is 0.748. The number of imidazole rings is 1. The second-order valence-corrected chi connectivity index (χ2v) is 5.76. The van der Waals surface area contributed by atoms with Crippen LogP contribution in [-0.4, -0.2) is 32.2 Å². The first-order valence-electron chi connectivity index (χ1n) is 7.14. The second kappa shape index (κ2) is 4.36. The average Bonchev–Trinajstić information content (AvgIpc) is 3.07. The number of nitrogens with one attached hydrogen (secondary N) is 2. The molecular weight excluding hydrogens is 264 g/mol. The molecule has 0 amide bonds. The lowest BCUT2D eigenvalue weighted by Gasteiger charge is -2.34. The fraction of sp³-hybridized carbons (Fsp3) is 0.312. The number of hydrogen-bond donors (Lipinski definition) is 3. The van der Waals surface area contributed by atoms with Crippen molar-refractivity contribution in [2.75, 3.05) is 0 Å². The molecule has 1 saturated carbocycles. The van der Waals surface area contributed by atoms with Gasteiger partial charge in [0.2, 0.25) is 0 Å². The van der Waals surface area contributed by atoms with Crippen molar-refractivity contribution in [2.45, 2.75) is 25.0 Å². The molecule has 1 aromatic heterocycles. The van der Waals surface area contributed by atoms with Crippen LogP contribution >= 0.6 is 0 Å². The highest BCUT2D eigenvalue weighted by Gasteiger charge is 2.41. The predicted molar refractivity (Wildman–Crippen MR) is 80.0 cm³/mol. The molecule has 3 N–H and O–H groups in total. The summed E-state index contributed by atoms with van der Waals surface area (Å²) < 4.78 is 2.10. The standard InChI is InChI=1S/C16H16N4O/c17-12-6-5-11(16(21)14(12)18)15-10-4-2-1-3-9(10)13-7-19-8-20(13)15/h1-4,7-8,11,15-18,21H,5-6H2/t11-,15+,16+/m0/s1. The number of aliphatic hydroxyl groups excluding tert-OH is 1. The topological polar surface area (TPSA) is 85.8 Å². The summed E-state index contributed by atoms with van der Waals surface area (Å²) in [6, 6.07) is 8.18. The summed E-state index contributed by atoms with van der Waals surface area (Å²) in [4.78, 5) is 4.23. The molecule has 5 nitrogen and oxygen atoms in total. The van der Waals surface area contributed by atoms with E-state index in [1.807, 2.05) is 18.3 Å². The number of benzene rings is 1. The van der Waals surface area contributed by atoms with Gasteiger partial charge in [-0.3, -0.25) is 0 Å². The first-order valence-corrected chi connectivity index (χ1v) is 7.14. The predicted octanol–water partition coefficient (Wildman–Crippen LogP) is 2.26. The van der Waals surface area contributed by atoms with E-state index in [0.717, 1.165) is 17.7 Å². The summed E-state index contributed by atoms with van der Waals surface area (Å²) in [7, 11) is 0. The van der Waals surface area contributed by atoms with Gasteiger partial charge in [0.15, 0.2) is 0 Å². The molecule has 21 heavy (non-hydrogen) atoms. The molecule has 2 aromatic rings. The van der Waals surface area contributed by atoms with Gasteiger partial charge in [-0.15, -0.1) is 0 Å². The maximum absolute atomic E-state index is 10.5. The van der Waals surface area contributed by atoms with E-state index in [4.69, 9.17) is 10.8 Å². The lowest BCUT2D eigenvalue weighted by Crippen LogP contribution is -2.42. The fourth-order valence-corrected chi connectivity index (χ4v) is 3.64. The smallest absolute Gasteiger partial charge is 0.102 e. The third-order valence-corrected chi connectivity index (χ3v) is 4.68.